The first-order chi connectivity index (χ1) is 14.0. The van der Waals surface area contributed by atoms with Crippen LogP contribution in [0.3, 0.4) is 0 Å². The SMILES string of the molecule is CC(=O)Nc1ccc(N2C(=O)CN(S(C)(=O)=O)C[C@@]2(C)C(=O)NC2CCCC2)cc1. The number of hydrogen-bond acceptors (Lipinski definition) is 5. The van der Waals surface area contributed by atoms with Gasteiger partial charge in [0.25, 0.3) is 0 Å². The third kappa shape index (κ3) is 4.65. The van der Waals surface area contributed by atoms with Gasteiger partial charge in [-0.3, -0.25) is 19.3 Å². The first-order valence-corrected chi connectivity index (χ1v) is 11.8. The molecule has 0 spiro atoms. The zero-order valence-electron chi connectivity index (χ0n) is 17.5. The lowest BCUT2D eigenvalue weighted by Gasteiger charge is -2.46. The van der Waals surface area contributed by atoms with Gasteiger partial charge in [-0.1, -0.05) is 12.8 Å². The number of carbonyl (C=O) groups excluding carboxylic acids is 3. The monoisotopic (exact) mass is 436 g/mol. The lowest BCUT2D eigenvalue weighted by atomic mass is 9.94. The van der Waals surface area contributed by atoms with Crippen molar-refractivity contribution in [1.82, 2.24) is 9.62 Å². The molecule has 1 saturated carbocycles. The van der Waals surface area contributed by atoms with E-state index in [9.17, 15) is 22.8 Å². The number of nitrogens with zero attached hydrogens (tertiary/aromatic N) is 2. The normalized spacial score (nSPS) is 23.4. The fourth-order valence-electron chi connectivity index (χ4n) is 4.11. The molecule has 10 heteroatoms. The maximum atomic E-state index is 13.3. The van der Waals surface area contributed by atoms with Gasteiger partial charge in [-0.05, 0) is 44.0 Å². The summed E-state index contributed by atoms with van der Waals surface area (Å²) in [5, 5.41) is 5.66. The summed E-state index contributed by atoms with van der Waals surface area (Å²) >= 11 is 0. The molecule has 164 valence electrons. The summed E-state index contributed by atoms with van der Waals surface area (Å²) in [7, 11) is -3.66. The Morgan fingerprint density at radius 1 is 1.13 bits per heavy atom. The van der Waals surface area contributed by atoms with E-state index < -0.39 is 21.5 Å². The smallest absolute Gasteiger partial charge is 0.247 e. The van der Waals surface area contributed by atoms with Crippen molar-refractivity contribution in [1.29, 1.82) is 0 Å². The molecule has 2 fully saturated rings. The number of nitrogens with one attached hydrogen (secondary N) is 2. The number of rotatable bonds is 5. The van der Waals surface area contributed by atoms with Crippen LogP contribution in [0, 0.1) is 0 Å². The van der Waals surface area contributed by atoms with Crippen LogP contribution in [0.1, 0.15) is 39.5 Å². The maximum Gasteiger partial charge on any atom is 0.247 e. The van der Waals surface area contributed by atoms with Gasteiger partial charge in [-0.15, -0.1) is 0 Å². The standard InChI is InChI=1S/C20H28N4O5S/c1-14(25)21-16-8-10-17(11-9-16)24-18(26)12-23(30(3,28)29)13-20(24,2)19(27)22-15-6-4-5-7-15/h8-11,15H,4-7,12-13H2,1-3H3,(H,21,25)(H,22,27)/t20-/m0/s1. The molecular weight excluding hydrogens is 408 g/mol. The molecule has 1 aromatic carbocycles. The van der Waals surface area contributed by atoms with Gasteiger partial charge in [0, 0.05) is 30.9 Å². The van der Waals surface area contributed by atoms with Gasteiger partial charge in [0.05, 0.1) is 12.8 Å². The van der Waals surface area contributed by atoms with Gasteiger partial charge in [0.15, 0.2) is 0 Å². The van der Waals surface area contributed by atoms with Crippen molar-refractivity contribution < 1.29 is 22.8 Å². The Balaban J connectivity index is 1.96. The Hall–Kier alpha value is -2.46. The Morgan fingerprint density at radius 2 is 1.73 bits per heavy atom. The number of piperazine rings is 1. The minimum Gasteiger partial charge on any atom is -0.351 e. The van der Waals surface area contributed by atoms with Crippen LogP contribution in [0.2, 0.25) is 0 Å². The number of amides is 3. The summed E-state index contributed by atoms with van der Waals surface area (Å²) in [4.78, 5) is 39.0. The number of anilines is 2. The molecule has 0 radical (unpaired) electrons. The van der Waals surface area contributed by atoms with E-state index in [-0.39, 0.29) is 30.9 Å². The summed E-state index contributed by atoms with van der Waals surface area (Å²) in [5.41, 5.74) is -0.381. The molecule has 1 aromatic rings. The molecule has 3 amide bonds. The highest BCUT2D eigenvalue weighted by Crippen LogP contribution is 2.32. The van der Waals surface area contributed by atoms with E-state index in [1.54, 1.807) is 31.2 Å². The first kappa shape index (κ1) is 22.2. The van der Waals surface area contributed by atoms with E-state index in [2.05, 4.69) is 10.6 Å². The van der Waals surface area contributed by atoms with Crippen molar-refractivity contribution in [3.8, 4) is 0 Å². The highest BCUT2D eigenvalue weighted by atomic mass is 32.2. The highest BCUT2D eigenvalue weighted by Gasteiger charge is 2.50. The molecule has 1 aliphatic heterocycles. The minimum atomic E-state index is -3.66. The third-order valence-electron chi connectivity index (χ3n) is 5.63. The van der Waals surface area contributed by atoms with E-state index in [0.29, 0.717) is 11.4 Å². The van der Waals surface area contributed by atoms with Crippen molar-refractivity contribution in [3.63, 3.8) is 0 Å². The van der Waals surface area contributed by atoms with E-state index in [1.807, 2.05) is 0 Å². The van der Waals surface area contributed by atoms with Gasteiger partial charge in [-0.25, -0.2) is 8.42 Å². The molecule has 1 atom stereocenters. The zero-order valence-corrected chi connectivity index (χ0v) is 18.3. The average molecular weight is 437 g/mol. The average Bonchev–Trinajstić information content (AvgIpc) is 3.14. The van der Waals surface area contributed by atoms with Crippen molar-refractivity contribution in [2.24, 2.45) is 0 Å². The zero-order chi connectivity index (χ0) is 22.1. The Bertz CT molecular complexity index is 940. The van der Waals surface area contributed by atoms with E-state index in [0.717, 1.165) is 36.2 Å². The predicted molar refractivity (Wildman–Crippen MR) is 113 cm³/mol. The van der Waals surface area contributed by atoms with Gasteiger partial charge < -0.3 is 10.6 Å². The highest BCUT2D eigenvalue weighted by molar-refractivity contribution is 7.88. The molecule has 1 heterocycles. The summed E-state index contributed by atoms with van der Waals surface area (Å²) in [5.74, 6) is -1.08. The third-order valence-corrected chi connectivity index (χ3v) is 6.83. The summed E-state index contributed by atoms with van der Waals surface area (Å²) in [6, 6.07) is 6.59. The molecule has 2 N–H and O–H groups in total. The molecule has 3 rings (SSSR count). The van der Waals surface area contributed by atoms with Crippen molar-refractivity contribution in [2.45, 2.75) is 51.1 Å². The Labute approximate surface area is 176 Å². The van der Waals surface area contributed by atoms with Crippen molar-refractivity contribution in [2.75, 3.05) is 29.6 Å². The molecule has 0 unspecified atom stereocenters. The largest absolute Gasteiger partial charge is 0.351 e. The molecule has 2 aliphatic rings. The van der Waals surface area contributed by atoms with E-state index in [1.165, 1.54) is 11.8 Å². The van der Waals surface area contributed by atoms with Gasteiger partial charge >= 0.3 is 0 Å². The summed E-state index contributed by atoms with van der Waals surface area (Å²) in [6.45, 7) is 2.52. The first-order valence-electron chi connectivity index (χ1n) is 9.97. The molecule has 1 aliphatic carbocycles. The number of hydrogen-bond donors (Lipinski definition) is 2. The predicted octanol–water partition coefficient (Wildman–Crippen LogP) is 1.07. The Kier molecular flexibility index (Phi) is 6.19. The fourth-order valence-corrected chi connectivity index (χ4v) is 4.94. The molecular formula is C20H28N4O5S. The van der Waals surface area contributed by atoms with Crippen molar-refractivity contribution in [3.05, 3.63) is 24.3 Å². The molecule has 30 heavy (non-hydrogen) atoms. The molecule has 9 nitrogen and oxygen atoms in total. The second-order valence-corrected chi connectivity index (χ2v) is 10.2. The topological polar surface area (TPSA) is 116 Å². The van der Waals surface area contributed by atoms with Crippen LogP contribution < -0.4 is 15.5 Å². The number of sulfonamides is 1. The minimum absolute atomic E-state index is 0.0297. The summed E-state index contributed by atoms with van der Waals surface area (Å²) in [6.07, 6.45) is 4.84. The van der Waals surface area contributed by atoms with Gasteiger partial charge in [0.2, 0.25) is 27.7 Å². The quantitative estimate of drug-likeness (QED) is 0.716. The van der Waals surface area contributed by atoms with Crippen LogP contribution in [0.25, 0.3) is 0 Å². The maximum absolute atomic E-state index is 13.3. The van der Waals surface area contributed by atoms with Crippen LogP contribution in [0.4, 0.5) is 11.4 Å². The van der Waals surface area contributed by atoms with Gasteiger partial charge in [0.1, 0.15) is 5.54 Å². The van der Waals surface area contributed by atoms with Crippen LogP contribution in [0.5, 0.6) is 0 Å². The molecule has 0 aromatic heterocycles. The molecule has 1 saturated heterocycles. The van der Waals surface area contributed by atoms with Crippen LogP contribution in [-0.2, 0) is 24.4 Å². The second-order valence-electron chi connectivity index (χ2n) is 8.22. The van der Waals surface area contributed by atoms with Crippen molar-refractivity contribution >= 4 is 39.1 Å². The van der Waals surface area contributed by atoms with Crippen LogP contribution >= 0.6 is 0 Å². The fraction of sp³-hybridized carbons (Fsp3) is 0.550. The van der Waals surface area contributed by atoms with Crippen LogP contribution in [0.15, 0.2) is 24.3 Å². The lowest BCUT2D eigenvalue weighted by molar-refractivity contribution is -0.133. The van der Waals surface area contributed by atoms with Crippen LogP contribution in [-0.4, -0.2) is 61.4 Å². The lowest BCUT2D eigenvalue weighted by Crippen LogP contribution is -2.70. The second kappa shape index (κ2) is 8.35. The van der Waals surface area contributed by atoms with E-state index >= 15 is 0 Å². The van der Waals surface area contributed by atoms with E-state index in [4.69, 9.17) is 0 Å². The number of benzene rings is 1. The summed E-state index contributed by atoms with van der Waals surface area (Å²) < 4.78 is 25.4. The number of carbonyl (C=O) groups is 3. The van der Waals surface area contributed by atoms with Gasteiger partial charge in [-0.2, -0.15) is 4.31 Å². The Morgan fingerprint density at radius 3 is 2.27 bits per heavy atom. The molecule has 0 bridgehead atoms.